The van der Waals surface area contributed by atoms with Crippen LogP contribution in [0, 0.1) is 0 Å². The Kier molecular flexibility index (Phi) is 7.31. The van der Waals surface area contributed by atoms with Crippen LogP contribution >= 0.6 is 0 Å². The first kappa shape index (κ1) is 28.8. The van der Waals surface area contributed by atoms with E-state index >= 15 is 0 Å². The van der Waals surface area contributed by atoms with E-state index < -0.39 is 41.9 Å². The lowest BCUT2D eigenvalue weighted by Crippen LogP contribution is -2.35. The number of phenolic OH excluding ortho intramolecular Hbond substituents is 2. The lowest BCUT2D eigenvalue weighted by Gasteiger charge is -2.36. The number of benzene rings is 3. The van der Waals surface area contributed by atoms with Gasteiger partial charge in [0.15, 0.2) is 5.60 Å². The number of fused-ring (bicyclic) bond motifs is 6. The number of nitrogens with zero attached hydrogens (tertiary/aromatic N) is 1. The minimum atomic E-state index is -1.52. The molecule has 14 heteroatoms. The highest BCUT2D eigenvalue weighted by atomic mass is 16.7. The Bertz CT molecular complexity index is 1660. The fourth-order valence-corrected chi connectivity index (χ4v) is 4.94. The van der Waals surface area contributed by atoms with Crippen molar-refractivity contribution in [1.29, 1.82) is 0 Å². The zero-order valence-corrected chi connectivity index (χ0v) is 22.2. The van der Waals surface area contributed by atoms with Gasteiger partial charge in [0.25, 0.3) is 17.7 Å². The molecule has 0 atom stereocenters. The Labute approximate surface area is 242 Å². The molecular formula is C29H23N3O11. The molecule has 6 N–H and O–H groups in total. The molecule has 0 saturated carbocycles. The lowest BCUT2D eigenvalue weighted by molar-refractivity contribution is -0.199. The third-order valence-corrected chi connectivity index (χ3v) is 6.75. The second-order valence-corrected chi connectivity index (χ2v) is 9.37. The maximum atomic E-state index is 13.1. The van der Waals surface area contributed by atoms with Crippen LogP contribution in [0.3, 0.4) is 0 Å². The molecule has 0 aromatic heterocycles. The number of hydrogen-bond acceptors (Lipinski definition) is 12. The van der Waals surface area contributed by atoms with Crippen LogP contribution in [0.2, 0.25) is 0 Å². The molecule has 14 nitrogen and oxygen atoms in total. The highest BCUT2D eigenvalue weighted by Crippen LogP contribution is 2.57. The van der Waals surface area contributed by atoms with Crippen molar-refractivity contribution in [3.05, 3.63) is 94.6 Å². The zero-order valence-electron chi connectivity index (χ0n) is 22.2. The average Bonchev–Trinajstić information content (AvgIpc) is 3.43. The Morgan fingerprint density at radius 2 is 1.49 bits per heavy atom. The molecule has 0 unspecified atom stereocenters. The molecule has 0 bridgehead atoms. The largest absolute Gasteiger partial charge is 0.508 e. The third-order valence-electron chi connectivity index (χ3n) is 6.75. The van der Waals surface area contributed by atoms with Crippen LogP contribution in [0.15, 0.2) is 66.7 Å². The molecule has 43 heavy (non-hydrogen) atoms. The van der Waals surface area contributed by atoms with Crippen molar-refractivity contribution in [2.45, 2.75) is 5.60 Å². The average molecular weight is 590 g/mol. The zero-order chi connectivity index (χ0) is 29.6. The van der Waals surface area contributed by atoms with Gasteiger partial charge in [0, 0.05) is 53.1 Å². The van der Waals surface area contributed by atoms with E-state index in [0.29, 0.717) is 21.8 Å². The summed E-state index contributed by atoms with van der Waals surface area (Å²) in [6.07, 6.45) is 1.92. The minimum Gasteiger partial charge on any atom is -0.508 e. The van der Waals surface area contributed by atoms with Gasteiger partial charge in [-0.2, -0.15) is 0 Å². The van der Waals surface area contributed by atoms with Gasteiger partial charge in [-0.1, -0.05) is 5.06 Å². The molecule has 3 aliphatic rings. The number of hydroxylamine groups is 2. The number of carbonyl (C=O) groups is 5. The highest BCUT2D eigenvalue weighted by Gasteiger charge is 2.54. The normalized spacial score (nSPS) is 15.2. The summed E-state index contributed by atoms with van der Waals surface area (Å²) in [6.45, 7) is -0.673. The van der Waals surface area contributed by atoms with Crippen LogP contribution in [-0.4, -0.2) is 64.7 Å². The summed E-state index contributed by atoms with van der Waals surface area (Å²) in [6, 6.07) is 13.1. The molecule has 3 heterocycles. The number of hydrogen-bond donors (Lipinski definition) is 4. The van der Waals surface area contributed by atoms with Crippen molar-refractivity contribution in [1.82, 2.24) is 16.5 Å². The lowest BCUT2D eigenvalue weighted by atomic mass is 9.77. The van der Waals surface area contributed by atoms with Crippen molar-refractivity contribution >= 4 is 29.7 Å². The van der Waals surface area contributed by atoms with Gasteiger partial charge in [-0.15, -0.1) is 0 Å². The van der Waals surface area contributed by atoms with Gasteiger partial charge in [-0.05, 0) is 42.5 Å². The fourth-order valence-electron chi connectivity index (χ4n) is 4.94. The minimum absolute atomic E-state index is 0. The van der Waals surface area contributed by atoms with Crippen molar-refractivity contribution in [3.63, 3.8) is 0 Å². The summed E-state index contributed by atoms with van der Waals surface area (Å²) in [7, 11) is 0. The van der Waals surface area contributed by atoms with E-state index in [9.17, 15) is 34.2 Å². The number of rotatable bonds is 7. The van der Waals surface area contributed by atoms with E-state index in [1.54, 1.807) is 12.1 Å². The third kappa shape index (κ3) is 4.90. The number of nitrogens with one attached hydrogen (secondary N) is 1. The van der Waals surface area contributed by atoms with Crippen LogP contribution < -0.4 is 16.2 Å². The number of carbonyl (C=O) groups excluding carboxylic acids is 5. The van der Waals surface area contributed by atoms with E-state index in [1.165, 1.54) is 42.5 Å². The number of imide groups is 1. The summed E-state index contributed by atoms with van der Waals surface area (Å²) in [5, 5.41) is 23.1. The second-order valence-electron chi connectivity index (χ2n) is 9.37. The predicted octanol–water partition coefficient (Wildman–Crippen LogP) is 1.96. The molecule has 0 radical (unpaired) electrons. The summed E-state index contributed by atoms with van der Waals surface area (Å²) in [5.74, 6) is -3.46. The SMILES string of the molecule is N.O=C(COCCNC(=O)c1ccc2c(c1)C1(OC2=O)c2ccc(O)cc2Oc2cc(O)ccc21)ON1C(=O)C=CC1=O. The van der Waals surface area contributed by atoms with Gasteiger partial charge >= 0.3 is 11.9 Å². The molecule has 3 aromatic rings. The highest BCUT2D eigenvalue weighted by molar-refractivity contribution is 6.12. The number of aromatic hydroxyl groups is 2. The molecule has 0 fully saturated rings. The molecule has 6 rings (SSSR count). The number of ether oxygens (including phenoxy) is 3. The van der Waals surface area contributed by atoms with Gasteiger partial charge in [0.1, 0.15) is 29.6 Å². The summed E-state index contributed by atoms with van der Waals surface area (Å²) < 4.78 is 17.1. The number of amides is 3. The summed E-state index contributed by atoms with van der Waals surface area (Å²) in [4.78, 5) is 65.4. The first-order valence-corrected chi connectivity index (χ1v) is 12.5. The molecule has 3 aromatic carbocycles. The predicted molar refractivity (Wildman–Crippen MR) is 143 cm³/mol. The molecule has 3 amide bonds. The Hall–Kier alpha value is -5.73. The fraction of sp³-hybridized carbons (Fsp3) is 0.138. The van der Waals surface area contributed by atoms with E-state index in [0.717, 1.165) is 12.2 Å². The summed E-state index contributed by atoms with van der Waals surface area (Å²) >= 11 is 0. The van der Waals surface area contributed by atoms with Crippen LogP contribution in [0.4, 0.5) is 0 Å². The molecule has 220 valence electrons. The van der Waals surface area contributed by atoms with Crippen molar-refractivity contribution < 1.29 is 53.2 Å². The second kappa shape index (κ2) is 10.9. The first-order chi connectivity index (χ1) is 20.2. The first-order valence-electron chi connectivity index (χ1n) is 12.5. The van der Waals surface area contributed by atoms with Gasteiger partial charge in [0.2, 0.25) is 0 Å². The van der Waals surface area contributed by atoms with Gasteiger partial charge in [0.05, 0.1) is 12.2 Å². The summed E-state index contributed by atoms with van der Waals surface area (Å²) in [5.41, 5.74) is 0.0781. The van der Waals surface area contributed by atoms with E-state index in [2.05, 4.69) is 10.2 Å². The standard InChI is InChI=1S/C29H20N2O11.H3N/c32-16-2-5-19-22(12-16)40-23-13-17(33)3-6-20(23)29(19)21-11-15(1-4-18(21)28(38)41-29)27(37)30-9-10-39-14-26(36)42-31-24(34)7-8-25(31)35;/h1-8,11-13,32-33H,9-10,14H2,(H,30,37);1H3. The van der Waals surface area contributed by atoms with E-state index in [-0.39, 0.29) is 53.4 Å². The van der Waals surface area contributed by atoms with E-state index in [4.69, 9.17) is 14.2 Å². The van der Waals surface area contributed by atoms with E-state index in [1.807, 2.05) is 0 Å². The number of phenols is 2. The van der Waals surface area contributed by atoms with Gasteiger partial charge in [-0.3, -0.25) is 14.4 Å². The van der Waals surface area contributed by atoms with Crippen LogP contribution in [-0.2, 0) is 34.3 Å². The van der Waals surface area contributed by atoms with Gasteiger partial charge < -0.3 is 40.7 Å². The van der Waals surface area contributed by atoms with Crippen molar-refractivity contribution in [3.8, 4) is 23.0 Å². The molecule has 0 saturated heterocycles. The Morgan fingerprint density at radius 3 is 2.12 bits per heavy atom. The molecule has 1 spiro atoms. The maximum absolute atomic E-state index is 13.1. The smallest absolute Gasteiger partial charge is 0.358 e. The van der Waals surface area contributed by atoms with Gasteiger partial charge in [-0.25, -0.2) is 9.59 Å². The Morgan fingerprint density at radius 1 is 0.860 bits per heavy atom. The number of esters is 1. The quantitative estimate of drug-likeness (QED) is 0.177. The van der Waals surface area contributed by atoms with Crippen LogP contribution in [0.1, 0.15) is 37.4 Å². The molecule has 0 aliphatic carbocycles. The topological polar surface area (TPSA) is 213 Å². The molecule has 3 aliphatic heterocycles. The Balaban J connectivity index is 0.00000368. The van der Waals surface area contributed by atoms with Crippen LogP contribution in [0.25, 0.3) is 0 Å². The van der Waals surface area contributed by atoms with Crippen molar-refractivity contribution in [2.24, 2.45) is 0 Å². The maximum Gasteiger partial charge on any atom is 0.358 e. The van der Waals surface area contributed by atoms with Crippen LogP contribution in [0.5, 0.6) is 23.0 Å². The monoisotopic (exact) mass is 589 g/mol. The van der Waals surface area contributed by atoms with Crippen molar-refractivity contribution in [2.75, 3.05) is 19.8 Å². The molecular weight excluding hydrogens is 566 g/mol.